The number of fused-ring (bicyclic) bond motifs is 1. The first kappa shape index (κ1) is 51.9. The molecule has 6 aromatic rings. The largest absolute Gasteiger partial charge is 0.505 e. The molecule has 0 spiro atoms. The van der Waals surface area contributed by atoms with E-state index < -0.39 is 114 Å². The lowest BCUT2D eigenvalue weighted by Crippen LogP contribution is -2.34. The average molecular weight is 1030 g/mol. The highest BCUT2D eigenvalue weighted by Gasteiger charge is 2.28. The number of carboxylic acids is 4. The van der Waals surface area contributed by atoms with Gasteiger partial charge in [-0.05, 0) is 102 Å². The number of hydrogen-bond acceptors (Lipinski definition) is 22. The van der Waals surface area contributed by atoms with E-state index in [1.54, 1.807) is 0 Å². The SMILES string of the molecule is Nc1cc(N(CC(=O)O)CC(=O)O)ccc1N=Nc1ccc(N=Nc2c(S(=O)(=O)O)cc3cc(S(=O)(=O)O)c(N=Nc4ccc(N=Nc5ccc(N(CC(=O)O)CC(=O)O)cc5N)cc4)c(O)c3c2N)cc1. The summed E-state index contributed by atoms with van der Waals surface area (Å²) in [6.07, 6.45) is 0. The summed E-state index contributed by atoms with van der Waals surface area (Å²) in [6, 6.07) is 20.8. The van der Waals surface area contributed by atoms with Gasteiger partial charge in [0.25, 0.3) is 20.2 Å². The summed E-state index contributed by atoms with van der Waals surface area (Å²) in [6.45, 7) is -2.42. The maximum Gasteiger partial charge on any atom is 0.323 e. The minimum Gasteiger partial charge on any atom is -0.505 e. The molecule has 0 aromatic heterocycles. The predicted octanol–water partition coefficient (Wildman–Crippen LogP) is 7.40. The second-order valence-corrected chi connectivity index (χ2v) is 17.6. The Morgan fingerprint density at radius 3 is 1.10 bits per heavy atom. The molecule has 0 atom stereocenters. The van der Waals surface area contributed by atoms with Crippen LogP contribution in [0.15, 0.2) is 148 Å². The van der Waals surface area contributed by atoms with Crippen LogP contribution in [0.2, 0.25) is 0 Å². The highest BCUT2D eigenvalue weighted by atomic mass is 32.2. The van der Waals surface area contributed by atoms with Crippen molar-refractivity contribution in [3.63, 3.8) is 0 Å². The van der Waals surface area contributed by atoms with Crippen LogP contribution in [0.25, 0.3) is 10.8 Å². The van der Waals surface area contributed by atoms with Gasteiger partial charge in [0.15, 0.2) is 5.75 Å². The van der Waals surface area contributed by atoms with E-state index in [-0.39, 0.29) is 56.9 Å². The topological polar surface area (TPSA) is 462 Å². The summed E-state index contributed by atoms with van der Waals surface area (Å²) in [7, 11) is -10.4. The highest BCUT2D eigenvalue weighted by molar-refractivity contribution is 7.86. The minimum absolute atomic E-state index is 0.0472. The summed E-state index contributed by atoms with van der Waals surface area (Å²) in [5, 5.41) is 79.2. The van der Waals surface area contributed by atoms with Crippen LogP contribution in [0.5, 0.6) is 5.75 Å². The number of nitrogens with zero attached hydrogens (tertiary/aromatic N) is 10. The zero-order chi connectivity index (χ0) is 52.7. The van der Waals surface area contributed by atoms with Crippen LogP contribution in [-0.2, 0) is 39.4 Å². The third-order valence-corrected chi connectivity index (χ3v) is 11.4. The van der Waals surface area contributed by atoms with E-state index in [9.17, 15) is 50.2 Å². The Hall–Kier alpha value is -9.52. The Morgan fingerprint density at radius 1 is 0.458 bits per heavy atom. The minimum atomic E-state index is -5.23. The molecule has 30 heteroatoms. The van der Waals surface area contributed by atoms with Gasteiger partial charge in [0.1, 0.15) is 58.7 Å². The van der Waals surface area contributed by atoms with Gasteiger partial charge >= 0.3 is 23.9 Å². The van der Waals surface area contributed by atoms with Crippen molar-refractivity contribution in [2.24, 2.45) is 40.9 Å². The molecule has 0 saturated heterocycles. The fraction of sp³-hybridized carbons (Fsp3) is 0.0952. The summed E-state index contributed by atoms with van der Waals surface area (Å²) in [5.74, 6) is -6.06. The number of carboxylic acid groups (broad SMARTS) is 4. The van der Waals surface area contributed by atoms with Crippen molar-refractivity contribution in [1.82, 2.24) is 0 Å². The fourth-order valence-corrected chi connectivity index (χ4v) is 7.83. The maximum absolute atomic E-state index is 12.6. The molecule has 0 bridgehead atoms. The van der Waals surface area contributed by atoms with E-state index in [4.69, 9.17) is 37.6 Å². The maximum atomic E-state index is 12.6. The Bertz CT molecular complexity index is 3240. The normalized spacial score (nSPS) is 12.1. The van der Waals surface area contributed by atoms with Crippen molar-refractivity contribution in [2.75, 3.05) is 53.2 Å². The lowest BCUT2D eigenvalue weighted by Gasteiger charge is -2.21. The van der Waals surface area contributed by atoms with Crippen molar-refractivity contribution >= 4 is 129 Å². The lowest BCUT2D eigenvalue weighted by molar-refractivity contribution is -0.138. The summed E-state index contributed by atoms with van der Waals surface area (Å²) >= 11 is 0. The number of benzene rings is 6. The van der Waals surface area contributed by atoms with Crippen molar-refractivity contribution in [2.45, 2.75) is 9.79 Å². The monoisotopic (exact) mass is 1030 g/mol. The van der Waals surface area contributed by atoms with Gasteiger partial charge in [-0.15, -0.1) is 20.5 Å². The Morgan fingerprint density at radius 2 is 0.778 bits per heavy atom. The summed E-state index contributed by atoms with van der Waals surface area (Å²) in [4.78, 5) is 45.1. The van der Waals surface area contributed by atoms with Gasteiger partial charge in [0.2, 0.25) is 0 Å². The molecule has 372 valence electrons. The quantitative estimate of drug-likeness (QED) is 0.0202. The predicted molar refractivity (Wildman–Crippen MR) is 256 cm³/mol. The fourth-order valence-electron chi connectivity index (χ4n) is 6.50. The van der Waals surface area contributed by atoms with Crippen molar-refractivity contribution in [1.29, 1.82) is 0 Å². The first-order chi connectivity index (χ1) is 33.9. The molecule has 28 nitrogen and oxygen atoms in total. The number of phenols is 1. The Balaban J connectivity index is 1.26. The van der Waals surface area contributed by atoms with Crippen LogP contribution in [0.4, 0.5) is 73.9 Å². The van der Waals surface area contributed by atoms with Crippen LogP contribution in [-0.4, -0.2) is 102 Å². The number of nitrogen functional groups attached to an aromatic ring is 3. The van der Waals surface area contributed by atoms with Gasteiger partial charge in [-0.2, -0.15) is 37.3 Å². The van der Waals surface area contributed by atoms with Crippen LogP contribution in [0.3, 0.4) is 0 Å². The molecule has 13 N–H and O–H groups in total. The molecule has 6 aromatic carbocycles. The first-order valence-electron chi connectivity index (χ1n) is 20.0. The summed E-state index contributed by atoms with van der Waals surface area (Å²) < 4.78 is 70.6. The smallest absolute Gasteiger partial charge is 0.323 e. The summed E-state index contributed by atoms with van der Waals surface area (Å²) in [5.41, 5.74) is 17.7. The third kappa shape index (κ3) is 13.0. The number of aromatic hydroxyl groups is 1. The Labute approximate surface area is 404 Å². The molecule has 6 rings (SSSR count). The number of rotatable bonds is 20. The molecule has 0 amide bonds. The zero-order valence-corrected chi connectivity index (χ0v) is 38.1. The average Bonchev–Trinajstić information content (AvgIpc) is 3.29. The van der Waals surface area contributed by atoms with E-state index in [2.05, 4.69) is 40.9 Å². The number of anilines is 5. The van der Waals surface area contributed by atoms with Gasteiger partial charge in [0.05, 0.1) is 45.2 Å². The van der Waals surface area contributed by atoms with Crippen LogP contribution in [0, 0.1) is 0 Å². The Kier molecular flexibility index (Phi) is 15.4. The number of aliphatic carboxylic acids is 4. The van der Waals surface area contributed by atoms with Crippen molar-refractivity contribution in [3.05, 3.63) is 97.1 Å². The molecule has 72 heavy (non-hydrogen) atoms. The molecule has 0 radical (unpaired) electrons. The number of phenolic OH excluding ortho intramolecular Hbond substituents is 1. The van der Waals surface area contributed by atoms with Gasteiger partial charge in [-0.25, -0.2) is 0 Å². The molecule has 0 aliphatic heterocycles. The van der Waals surface area contributed by atoms with E-state index in [1.165, 1.54) is 84.9 Å². The molecular weight excluding hydrogens is 991 g/mol. The van der Waals surface area contributed by atoms with Crippen LogP contribution in [0.1, 0.15) is 0 Å². The van der Waals surface area contributed by atoms with Crippen LogP contribution < -0.4 is 27.0 Å². The molecule has 0 aliphatic rings. The van der Waals surface area contributed by atoms with Gasteiger partial charge in [-0.1, -0.05) is 0 Å². The van der Waals surface area contributed by atoms with Crippen molar-refractivity contribution in [3.8, 4) is 5.75 Å². The van der Waals surface area contributed by atoms with Gasteiger partial charge < -0.3 is 52.5 Å². The highest BCUT2D eigenvalue weighted by Crippen LogP contribution is 2.48. The first-order valence-corrected chi connectivity index (χ1v) is 22.9. The van der Waals surface area contributed by atoms with Crippen LogP contribution >= 0.6 is 0 Å². The van der Waals surface area contributed by atoms with E-state index in [0.717, 1.165) is 21.9 Å². The lowest BCUT2D eigenvalue weighted by atomic mass is 10.1. The second kappa shape index (κ2) is 21.4. The van der Waals surface area contributed by atoms with Gasteiger partial charge in [-0.3, -0.25) is 28.3 Å². The van der Waals surface area contributed by atoms with E-state index in [0.29, 0.717) is 0 Å². The van der Waals surface area contributed by atoms with E-state index in [1.807, 2.05) is 0 Å². The standard InChI is InChI=1S/C42H37N13O15S2/c43-28-15-26(54(17-34(56)57)18-35(58)59)9-11-30(28)50-46-22-1-5-24(6-2-22)48-52-40-32(71(65,66)67)13-21-14-33(72(68,69)70)41(42(64)38(21)39(40)45)53-49-25-7-3-23(4-8-25)47-51-31-12-10-27(16-29(31)44)55(19-36(60)61)20-37(62)63/h1-16,64H,17-20,43-45H2,(H,56,57)(H,58,59)(H,60,61)(H,62,63)(H,65,66,67)(H,68,69,70). The number of azo groups is 4. The molecule has 0 heterocycles. The third-order valence-electron chi connectivity index (χ3n) is 9.70. The molecular formula is C42H37N13O15S2. The molecule has 0 aliphatic carbocycles. The van der Waals surface area contributed by atoms with Crippen molar-refractivity contribution < 1.29 is 70.7 Å². The van der Waals surface area contributed by atoms with Gasteiger partial charge in [0, 0.05) is 11.4 Å². The number of carbonyl (C=O) groups is 4. The molecule has 0 unspecified atom stereocenters. The second-order valence-electron chi connectivity index (χ2n) is 14.9. The van der Waals surface area contributed by atoms with E-state index >= 15 is 0 Å². The number of hydrogen-bond donors (Lipinski definition) is 10. The molecule has 0 fully saturated rings. The number of nitrogens with two attached hydrogens (primary N) is 3. The molecule has 0 saturated carbocycles. The zero-order valence-electron chi connectivity index (χ0n) is 36.5.